The van der Waals surface area contributed by atoms with Gasteiger partial charge in [0.05, 0.1) is 0 Å². The first-order valence-corrected chi connectivity index (χ1v) is 4.68. The maximum atomic E-state index is 10.9. The Hall–Kier alpha value is -0.830. The van der Waals surface area contributed by atoms with Gasteiger partial charge in [0.2, 0.25) is 0 Å². The molecule has 3 nitrogen and oxygen atoms in total. The second kappa shape index (κ2) is 3.92. The molecule has 0 bridgehead atoms. The minimum atomic E-state index is -1.51. The largest absolute Gasteiger partial charge is 0.479 e. The Morgan fingerprint density at radius 2 is 2.31 bits per heavy atom. The quantitative estimate of drug-likeness (QED) is 0.654. The summed E-state index contributed by atoms with van der Waals surface area (Å²) in [5.41, 5.74) is -1.51. The van der Waals surface area contributed by atoms with Crippen molar-refractivity contribution in [1.29, 1.82) is 0 Å². The van der Waals surface area contributed by atoms with Gasteiger partial charge in [-0.25, -0.2) is 4.79 Å². The fraction of sp³-hybridized carbons (Fsp3) is 0.700. The van der Waals surface area contributed by atoms with Crippen molar-refractivity contribution in [2.75, 3.05) is 0 Å². The van der Waals surface area contributed by atoms with Crippen LogP contribution in [0.1, 0.15) is 32.1 Å². The minimum Gasteiger partial charge on any atom is -0.479 e. The third kappa shape index (κ3) is 1.91. The van der Waals surface area contributed by atoms with Gasteiger partial charge in [0.1, 0.15) is 0 Å². The molecule has 0 aromatic rings. The number of carboxylic acids is 1. The molecule has 0 aliphatic heterocycles. The van der Waals surface area contributed by atoms with Gasteiger partial charge < -0.3 is 10.2 Å². The zero-order valence-electron chi connectivity index (χ0n) is 7.70. The standard InChI is InChI=1S/C10H16O3/c1-2-5-8-6-3-4-7-10(8,13)9(11)12/h2,8,13H,1,3-7H2,(H,11,12). The van der Waals surface area contributed by atoms with Crippen LogP contribution >= 0.6 is 0 Å². The van der Waals surface area contributed by atoms with E-state index >= 15 is 0 Å². The summed E-state index contributed by atoms with van der Waals surface area (Å²) < 4.78 is 0. The molecule has 1 aliphatic carbocycles. The highest BCUT2D eigenvalue weighted by molar-refractivity contribution is 5.77. The van der Waals surface area contributed by atoms with Gasteiger partial charge >= 0.3 is 5.97 Å². The van der Waals surface area contributed by atoms with E-state index in [4.69, 9.17) is 5.11 Å². The van der Waals surface area contributed by atoms with Gasteiger partial charge in [-0.1, -0.05) is 12.5 Å². The Balaban J connectivity index is 2.76. The molecule has 0 heterocycles. The maximum absolute atomic E-state index is 10.9. The van der Waals surface area contributed by atoms with Gasteiger partial charge in [-0.3, -0.25) is 0 Å². The Morgan fingerprint density at radius 1 is 1.62 bits per heavy atom. The predicted octanol–water partition coefficient (Wildman–Crippen LogP) is 1.57. The second-order valence-electron chi connectivity index (χ2n) is 3.70. The molecule has 0 aromatic carbocycles. The number of carbonyl (C=O) groups is 1. The SMILES string of the molecule is C=CCC1CCCCC1(O)C(=O)O. The van der Waals surface area contributed by atoms with Crippen molar-refractivity contribution < 1.29 is 15.0 Å². The lowest BCUT2D eigenvalue weighted by Crippen LogP contribution is -2.47. The zero-order valence-corrected chi connectivity index (χ0v) is 7.70. The molecule has 0 radical (unpaired) electrons. The van der Waals surface area contributed by atoms with Crippen molar-refractivity contribution in [2.24, 2.45) is 5.92 Å². The van der Waals surface area contributed by atoms with Crippen molar-refractivity contribution in [2.45, 2.75) is 37.7 Å². The van der Waals surface area contributed by atoms with E-state index in [1.54, 1.807) is 6.08 Å². The van der Waals surface area contributed by atoms with Crippen molar-refractivity contribution in [3.63, 3.8) is 0 Å². The first kappa shape index (κ1) is 10.3. The summed E-state index contributed by atoms with van der Waals surface area (Å²) in [6.07, 6.45) is 5.24. The number of aliphatic hydroxyl groups is 1. The summed E-state index contributed by atoms with van der Waals surface area (Å²) in [5.74, 6) is -1.24. The highest BCUT2D eigenvalue weighted by atomic mass is 16.4. The van der Waals surface area contributed by atoms with Crippen LogP contribution in [0.15, 0.2) is 12.7 Å². The topological polar surface area (TPSA) is 57.5 Å². The van der Waals surface area contributed by atoms with Crippen LogP contribution in [0.3, 0.4) is 0 Å². The van der Waals surface area contributed by atoms with Crippen LogP contribution in [0.4, 0.5) is 0 Å². The number of rotatable bonds is 3. The number of allylic oxidation sites excluding steroid dienone is 1. The van der Waals surface area contributed by atoms with Crippen molar-refractivity contribution in [3.05, 3.63) is 12.7 Å². The van der Waals surface area contributed by atoms with E-state index in [0.29, 0.717) is 12.8 Å². The number of hydrogen-bond donors (Lipinski definition) is 2. The Kier molecular flexibility index (Phi) is 3.09. The molecule has 2 N–H and O–H groups in total. The van der Waals surface area contributed by atoms with Crippen molar-refractivity contribution >= 4 is 5.97 Å². The van der Waals surface area contributed by atoms with E-state index in [1.807, 2.05) is 0 Å². The lowest BCUT2D eigenvalue weighted by Gasteiger charge is -2.35. The molecule has 2 atom stereocenters. The molecule has 0 aromatic heterocycles. The van der Waals surface area contributed by atoms with Crippen LogP contribution in [0, 0.1) is 5.92 Å². The van der Waals surface area contributed by atoms with Gasteiger partial charge in [0.15, 0.2) is 5.60 Å². The van der Waals surface area contributed by atoms with Crippen LogP contribution in [0.25, 0.3) is 0 Å². The third-order valence-electron chi connectivity index (χ3n) is 2.86. The zero-order chi connectivity index (χ0) is 9.90. The molecule has 1 fully saturated rings. The smallest absolute Gasteiger partial charge is 0.335 e. The van der Waals surface area contributed by atoms with E-state index in [9.17, 15) is 9.90 Å². The van der Waals surface area contributed by atoms with E-state index in [2.05, 4.69) is 6.58 Å². The van der Waals surface area contributed by atoms with Crippen LogP contribution in [0.5, 0.6) is 0 Å². The molecule has 13 heavy (non-hydrogen) atoms. The van der Waals surface area contributed by atoms with Crippen LogP contribution in [-0.2, 0) is 4.79 Å². The average molecular weight is 184 g/mol. The van der Waals surface area contributed by atoms with Gasteiger partial charge in [0, 0.05) is 5.92 Å². The number of aliphatic carboxylic acids is 1. The summed E-state index contributed by atoms with van der Waals surface area (Å²) >= 11 is 0. The first-order valence-electron chi connectivity index (χ1n) is 4.68. The fourth-order valence-electron chi connectivity index (χ4n) is 2.02. The Labute approximate surface area is 78.1 Å². The summed E-state index contributed by atoms with van der Waals surface area (Å²) in [6, 6.07) is 0. The highest BCUT2D eigenvalue weighted by Gasteiger charge is 2.44. The molecular formula is C10H16O3. The van der Waals surface area contributed by atoms with E-state index in [-0.39, 0.29) is 5.92 Å². The average Bonchev–Trinajstić information content (AvgIpc) is 2.09. The molecule has 2 unspecified atom stereocenters. The van der Waals surface area contributed by atoms with Gasteiger partial charge in [-0.15, -0.1) is 6.58 Å². The molecule has 0 amide bonds. The van der Waals surface area contributed by atoms with Gasteiger partial charge in [-0.2, -0.15) is 0 Å². The van der Waals surface area contributed by atoms with Crippen molar-refractivity contribution in [3.8, 4) is 0 Å². The predicted molar refractivity (Wildman–Crippen MR) is 49.4 cm³/mol. The number of carboxylic acid groups (broad SMARTS) is 1. The monoisotopic (exact) mass is 184 g/mol. The molecular weight excluding hydrogens is 168 g/mol. The molecule has 1 aliphatic rings. The molecule has 0 saturated heterocycles. The van der Waals surface area contributed by atoms with Gasteiger partial charge in [0.25, 0.3) is 0 Å². The highest BCUT2D eigenvalue weighted by Crippen LogP contribution is 2.36. The van der Waals surface area contributed by atoms with Gasteiger partial charge in [-0.05, 0) is 25.7 Å². The minimum absolute atomic E-state index is 0.156. The first-order chi connectivity index (χ1) is 6.11. The molecule has 1 saturated carbocycles. The van der Waals surface area contributed by atoms with Crippen LogP contribution < -0.4 is 0 Å². The number of hydrogen-bond acceptors (Lipinski definition) is 2. The second-order valence-corrected chi connectivity index (χ2v) is 3.70. The third-order valence-corrected chi connectivity index (χ3v) is 2.86. The summed E-state index contributed by atoms with van der Waals surface area (Å²) in [4.78, 5) is 10.9. The normalized spacial score (nSPS) is 34.1. The summed E-state index contributed by atoms with van der Waals surface area (Å²) in [6.45, 7) is 3.58. The van der Waals surface area contributed by atoms with E-state index < -0.39 is 11.6 Å². The maximum Gasteiger partial charge on any atom is 0.335 e. The lowest BCUT2D eigenvalue weighted by atomic mass is 9.74. The van der Waals surface area contributed by atoms with Crippen molar-refractivity contribution in [1.82, 2.24) is 0 Å². The van der Waals surface area contributed by atoms with Crippen LogP contribution in [0.2, 0.25) is 0 Å². The van der Waals surface area contributed by atoms with Crippen LogP contribution in [-0.4, -0.2) is 21.8 Å². The van der Waals surface area contributed by atoms with E-state index in [0.717, 1.165) is 19.3 Å². The lowest BCUT2D eigenvalue weighted by molar-refractivity contribution is -0.168. The Bertz CT molecular complexity index is 212. The van der Waals surface area contributed by atoms with E-state index in [1.165, 1.54) is 0 Å². The summed E-state index contributed by atoms with van der Waals surface area (Å²) in [7, 11) is 0. The molecule has 3 heteroatoms. The molecule has 74 valence electrons. The summed E-state index contributed by atoms with van der Waals surface area (Å²) in [5, 5.41) is 18.8. The fourth-order valence-corrected chi connectivity index (χ4v) is 2.02. The molecule has 1 rings (SSSR count). The molecule has 0 spiro atoms. The Morgan fingerprint density at radius 3 is 2.85 bits per heavy atom.